The Balaban J connectivity index is 1.70. The molecule has 1 saturated heterocycles. The maximum absolute atomic E-state index is 11.5. The first-order valence-electron chi connectivity index (χ1n) is 8.55. The maximum Gasteiger partial charge on any atom is 0.250 e. The second-order valence-corrected chi connectivity index (χ2v) is 6.99. The highest BCUT2D eigenvalue weighted by Gasteiger charge is 2.23. The number of nitrogens with two attached hydrogens (primary N) is 1. The van der Waals surface area contributed by atoms with Gasteiger partial charge in [0, 0.05) is 5.92 Å². The van der Waals surface area contributed by atoms with Crippen molar-refractivity contribution in [2.24, 2.45) is 11.7 Å². The van der Waals surface area contributed by atoms with Gasteiger partial charge in [-0.15, -0.1) is 0 Å². The zero-order valence-corrected chi connectivity index (χ0v) is 14.0. The van der Waals surface area contributed by atoms with Crippen LogP contribution in [0.2, 0.25) is 0 Å². The van der Waals surface area contributed by atoms with E-state index in [9.17, 15) is 4.79 Å². The molecule has 0 bridgehead atoms. The first kappa shape index (κ1) is 16.0. The number of benzene rings is 1. The largest absolute Gasteiger partial charge is 0.366 e. The number of para-hydroxylation sites is 1. The number of aromatic amines is 1. The number of aromatic nitrogens is 2. The van der Waals surface area contributed by atoms with E-state index in [0.29, 0.717) is 17.0 Å². The van der Waals surface area contributed by atoms with Crippen molar-refractivity contribution in [3.8, 4) is 0 Å². The number of carbonyl (C=O) groups excluding carboxylic acids is 1. The van der Waals surface area contributed by atoms with Crippen LogP contribution in [0.4, 0.5) is 0 Å². The summed E-state index contributed by atoms with van der Waals surface area (Å²) in [5.74, 6) is 1.78. The number of nitrogens with zero attached hydrogens (tertiary/aromatic N) is 2. The van der Waals surface area contributed by atoms with Crippen molar-refractivity contribution in [2.45, 2.75) is 39.0 Å². The van der Waals surface area contributed by atoms with Crippen LogP contribution in [0.25, 0.3) is 11.0 Å². The third-order valence-electron chi connectivity index (χ3n) is 4.79. The smallest absolute Gasteiger partial charge is 0.250 e. The first-order chi connectivity index (χ1) is 11.0. The Labute approximate surface area is 137 Å². The van der Waals surface area contributed by atoms with Gasteiger partial charge in [0.2, 0.25) is 0 Å². The highest BCUT2D eigenvalue weighted by Crippen LogP contribution is 2.28. The van der Waals surface area contributed by atoms with E-state index < -0.39 is 5.91 Å². The van der Waals surface area contributed by atoms with E-state index in [0.717, 1.165) is 43.2 Å². The number of carbonyl (C=O) groups is 1. The van der Waals surface area contributed by atoms with E-state index in [-0.39, 0.29) is 0 Å². The van der Waals surface area contributed by atoms with Gasteiger partial charge in [0.05, 0.1) is 11.1 Å². The molecule has 1 aliphatic rings. The molecule has 0 unspecified atom stereocenters. The molecule has 1 aromatic heterocycles. The molecule has 1 amide bonds. The fraction of sp³-hybridized carbons (Fsp3) is 0.556. The molecule has 1 aromatic carbocycles. The molecule has 3 rings (SSSR count). The normalized spacial score (nSPS) is 17.2. The number of amides is 1. The number of primary amides is 1. The van der Waals surface area contributed by atoms with E-state index in [2.05, 4.69) is 28.7 Å². The predicted octanol–water partition coefficient (Wildman–Crippen LogP) is 2.89. The Kier molecular flexibility index (Phi) is 4.66. The zero-order valence-electron chi connectivity index (χ0n) is 14.0. The van der Waals surface area contributed by atoms with Crippen LogP contribution in [0.3, 0.4) is 0 Å². The number of fused-ring (bicyclic) bond motifs is 1. The second-order valence-electron chi connectivity index (χ2n) is 6.99. The average Bonchev–Trinajstić information content (AvgIpc) is 2.97. The van der Waals surface area contributed by atoms with Gasteiger partial charge in [-0.3, -0.25) is 4.79 Å². The molecule has 2 aromatic rings. The van der Waals surface area contributed by atoms with Crippen LogP contribution in [0.1, 0.15) is 55.2 Å². The summed E-state index contributed by atoms with van der Waals surface area (Å²) in [7, 11) is 0. The molecule has 5 nitrogen and oxygen atoms in total. The van der Waals surface area contributed by atoms with Crippen molar-refractivity contribution >= 4 is 16.9 Å². The van der Waals surface area contributed by atoms with Gasteiger partial charge in [0.25, 0.3) is 5.91 Å². The number of likely N-dealkylation sites (tertiary alicyclic amines) is 1. The molecule has 0 spiro atoms. The van der Waals surface area contributed by atoms with Crippen LogP contribution in [0.5, 0.6) is 0 Å². The lowest BCUT2D eigenvalue weighted by molar-refractivity contribution is 0.100. The number of hydrogen-bond acceptors (Lipinski definition) is 3. The van der Waals surface area contributed by atoms with E-state index in [1.165, 1.54) is 13.0 Å². The Morgan fingerprint density at radius 2 is 2.13 bits per heavy atom. The van der Waals surface area contributed by atoms with Crippen LogP contribution in [-0.2, 0) is 0 Å². The molecule has 5 heteroatoms. The Hall–Kier alpha value is -1.88. The lowest BCUT2D eigenvalue weighted by Crippen LogP contribution is -2.34. The first-order valence-corrected chi connectivity index (χ1v) is 8.55. The van der Waals surface area contributed by atoms with Gasteiger partial charge in [-0.05, 0) is 56.9 Å². The number of nitrogens with one attached hydrogen (secondary N) is 1. The number of H-pyrrole nitrogens is 1. The minimum absolute atomic E-state index is 0.419. The highest BCUT2D eigenvalue weighted by atomic mass is 16.1. The molecular weight excluding hydrogens is 288 g/mol. The average molecular weight is 314 g/mol. The minimum Gasteiger partial charge on any atom is -0.366 e. The summed E-state index contributed by atoms with van der Waals surface area (Å²) in [5, 5.41) is 0. The Bertz CT molecular complexity index is 683. The topological polar surface area (TPSA) is 75.0 Å². The van der Waals surface area contributed by atoms with Gasteiger partial charge in [0.15, 0.2) is 0 Å². The number of imidazole rings is 1. The molecular formula is C18H26N4O. The van der Waals surface area contributed by atoms with E-state index >= 15 is 0 Å². The molecule has 0 aliphatic carbocycles. The van der Waals surface area contributed by atoms with Crippen LogP contribution in [0.15, 0.2) is 18.2 Å². The highest BCUT2D eigenvalue weighted by molar-refractivity contribution is 6.04. The Morgan fingerprint density at radius 1 is 1.39 bits per heavy atom. The summed E-state index contributed by atoms with van der Waals surface area (Å²) in [4.78, 5) is 22.2. The lowest BCUT2D eigenvalue weighted by Gasteiger charge is -2.31. The Morgan fingerprint density at radius 3 is 2.78 bits per heavy atom. The summed E-state index contributed by atoms with van der Waals surface area (Å²) >= 11 is 0. The summed E-state index contributed by atoms with van der Waals surface area (Å²) < 4.78 is 0. The SMILES string of the molecule is CC(C)CCN1CCC(c2nc3c(C(N)=O)cccc3[nH]2)CC1. The van der Waals surface area contributed by atoms with Crippen molar-refractivity contribution < 1.29 is 4.79 Å². The van der Waals surface area contributed by atoms with E-state index in [1.807, 2.05) is 12.1 Å². The van der Waals surface area contributed by atoms with Gasteiger partial charge in [-0.2, -0.15) is 0 Å². The van der Waals surface area contributed by atoms with Crippen molar-refractivity contribution in [1.82, 2.24) is 14.9 Å². The maximum atomic E-state index is 11.5. The summed E-state index contributed by atoms with van der Waals surface area (Å²) in [6.07, 6.45) is 3.49. The monoisotopic (exact) mass is 314 g/mol. The van der Waals surface area contributed by atoms with Crippen LogP contribution >= 0.6 is 0 Å². The van der Waals surface area contributed by atoms with E-state index in [4.69, 9.17) is 5.73 Å². The third-order valence-corrected chi connectivity index (χ3v) is 4.79. The third kappa shape index (κ3) is 3.55. The molecule has 23 heavy (non-hydrogen) atoms. The van der Waals surface area contributed by atoms with Crippen molar-refractivity contribution in [3.05, 3.63) is 29.6 Å². The molecule has 0 radical (unpaired) electrons. The van der Waals surface area contributed by atoms with Gasteiger partial charge >= 0.3 is 0 Å². The van der Waals surface area contributed by atoms with Gasteiger partial charge < -0.3 is 15.6 Å². The molecule has 3 N–H and O–H groups in total. The van der Waals surface area contributed by atoms with Gasteiger partial charge in [-0.1, -0.05) is 19.9 Å². The van der Waals surface area contributed by atoms with Crippen molar-refractivity contribution in [2.75, 3.05) is 19.6 Å². The quantitative estimate of drug-likeness (QED) is 0.891. The fourth-order valence-electron chi connectivity index (χ4n) is 3.31. The summed E-state index contributed by atoms with van der Waals surface area (Å²) in [6, 6.07) is 5.54. The molecule has 0 saturated carbocycles. The van der Waals surface area contributed by atoms with Gasteiger partial charge in [-0.25, -0.2) is 4.98 Å². The van der Waals surface area contributed by atoms with Crippen LogP contribution < -0.4 is 5.73 Å². The van der Waals surface area contributed by atoms with Crippen molar-refractivity contribution in [1.29, 1.82) is 0 Å². The number of piperidine rings is 1. The fourth-order valence-corrected chi connectivity index (χ4v) is 3.31. The summed E-state index contributed by atoms with van der Waals surface area (Å²) in [6.45, 7) is 7.99. The van der Waals surface area contributed by atoms with Crippen LogP contribution in [0, 0.1) is 5.92 Å². The number of rotatable bonds is 5. The summed E-state index contributed by atoms with van der Waals surface area (Å²) in [5.41, 5.74) is 7.55. The zero-order chi connectivity index (χ0) is 16.4. The molecule has 1 aliphatic heterocycles. The van der Waals surface area contributed by atoms with E-state index in [1.54, 1.807) is 6.07 Å². The lowest BCUT2D eigenvalue weighted by atomic mass is 9.95. The molecule has 1 fully saturated rings. The second kappa shape index (κ2) is 6.71. The van der Waals surface area contributed by atoms with Gasteiger partial charge in [0.1, 0.15) is 11.3 Å². The molecule has 124 valence electrons. The standard InChI is InChI=1S/C18H26N4O/c1-12(2)6-9-22-10-7-13(8-11-22)18-20-15-5-3-4-14(17(19)23)16(15)21-18/h3-5,12-13H,6-11H2,1-2H3,(H2,19,23)(H,20,21). The molecule has 0 atom stereocenters. The molecule has 2 heterocycles. The van der Waals surface area contributed by atoms with Crippen molar-refractivity contribution in [3.63, 3.8) is 0 Å². The number of hydrogen-bond donors (Lipinski definition) is 2. The predicted molar refractivity (Wildman–Crippen MR) is 92.5 cm³/mol. The van der Waals surface area contributed by atoms with Crippen LogP contribution in [-0.4, -0.2) is 40.4 Å². The minimum atomic E-state index is -0.419.